The van der Waals surface area contributed by atoms with Crippen LogP contribution in [0.25, 0.3) is 0 Å². The van der Waals surface area contributed by atoms with E-state index in [1.165, 1.54) is 6.07 Å². The van der Waals surface area contributed by atoms with Crippen molar-refractivity contribution in [1.29, 1.82) is 0 Å². The number of hydrogen-bond acceptors (Lipinski definition) is 4. The maximum atomic E-state index is 11.9. The van der Waals surface area contributed by atoms with Gasteiger partial charge in [-0.05, 0) is 50.3 Å². The van der Waals surface area contributed by atoms with Crippen LogP contribution in [-0.2, 0) is 13.8 Å². The first-order valence-electron chi connectivity index (χ1n) is 6.79. The average Bonchev–Trinajstić information content (AvgIpc) is 2.56. The molecule has 1 atom stereocenters. The van der Waals surface area contributed by atoms with Gasteiger partial charge in [0, 0.05) is 17.2 Å². The van der Waals surface area contributed by atoms with Gasteiger partial charge in [-0.15, -0.1) is 0 Å². The van der Waals surface area contributed by atoms with E-state index in [2.05, 4.69) is 5.32 Å². The fourth-order valence-corrected chi connectivity index (χ4v) is 3.51. The minimum absolute atomic E-state index is 0.0845. The molecule has 1 N–H and O–H groups in total. The first-order valence-corrected chi connectivity index (χ1v) is 9.10. The van der Waals surface area contributed by atoms with Crippen molar-refractivity contribution in [2.45, 2.75) is 44.1 Å². The second-order valence-corrected chi connectivity index (χ2v) is 7.77. The van der Waals surface area contributed by atoms with E-state index in [4.69, 9.17) is 15.4 Å². The maximum Gasteiger partial charge on any atom is 0.265 e. The van der Waals surface area contributed by atoms with Crippen LogP contribution in [0.3, 0.4) is 0 Å². The van der Waals surface area contributed by atoms with Crippen LogP contribution in [0.1, 0.15) is 30.4 Å². The Bertz CT molecular complexity index is 657. The van der Waals surface area contributed by atoms with Gasteiger partial charge in [0.2, 0.25) is 0 Å². The van der Waals surface area contributed by atoms with Gasteiger partial charge in [-0.2, -0.15) is 0 Å². The normalized spacial score (nSPS) is 19.8. The van der Waals surface area contributed by atoms with Crippen LogP contribution in [0.5, 0.6) is 5.75 Å². The van der Waals surface area contributed by atoms with E-state index < -0.39 is 15.2 Å². The smallest absolute Gasteiger partial charge is 0.265 e. The molecule has 0 aliphatic carbocycles. The Balaban J connectivity index is 2.41. The van der Waals surface area contributed by atoms with Gasteiger partial charge in [-0.3, -0.25) is 4.79 Å². The Morgan fingerprint density at radius 3 is 2.67 bits per heavy atom. The highest BCUT2D eigenvalue weighted by atomic mass is 35.7. The molecule has 1 aromatic rings. The Labute approximate surface area is 129 Å². The monoisotopic (exact) mass is 331 g/mol. The van der Waals surface area contributed by atoms with Crippen LogP contribution in [0.2, 0.25) is 0 Å². The summed E-state index contributed by atoms with van der Waals surface area (Å²) in [5, 5.41) is 2.76. The number of carbonyl (C=O) groups is 1. The van der Waals surface area contributed by atoms with E-state index in [1.807, 2.05) is 0 Å². The summed E-state index contributed by atoms with van der Waals surface area (Å²) >= 11 is 0. The number of benzene rings is 1. The fourth-order valence-electron chi connectivity index (χ4n) is 2.41. The highest BCUT2D eigenvalue weighted by molar-refractivity contribution is 8.13. The van der Waals surface area contributed by atoms with Gasteiger partial charge in [0.05, 0.1) is 0 Å². The summed E-state index contributed by atoms with van der Waals surface area (Å²) in [6.07, 6.45) is 1.60. The predicted octanol–water partition coefficient (Wildman–Crippen LogP) is 2.28. The average molecular weight is 332 g/mol. The summed E-state index contributed by atoms with van der Waals surface area (Å²) in [7, 11) is 1.55. The second kappa shape index (κ2) is 6.23. The van der Waals surface area contributed by atoms with Gasteiger partial charge in [0.15, 0.2) is 6.10 Å². The van der Waals surface area contributed by atoms with Crippen LogP contribution >= 0.6 is 10.7 Å². The Morgan fingerprint density at radius 1 is 1.29 bits per heavy atom. The molecule has 21 heavy (non-hydrogen) atoms. The number of halogens is 1. The standard InChI is InChI=1S/C14H18ClNO4S/c1-9-7-10(2)13(12(8-9)21(15,18)19)20-11-5-3-4-6-16-14(11)17/h7-8,11H,3-6H2,1-2H3,(H,16,17). The van der Waals surface area contributed by atoms with Crippen LogP contribution in [0.15, 0.2) is 17.0 Å². The van der Waals surface area contributed by atoms with Gasteiger partial charge in [-0.1, -0.05) is 6.07 Å². The van der Waals surface area contributed by atoms with Gasteiger partial charge in [0.1, 0.15) is 10.6 Å². The SMILES string of the molecule is Cc1cc(C)c(OC2CCCCNC2=O)c(S(=O)(=O)Cl)c1. The highest BCUT2D eigenvalue weighted by Gasteiger charge is 2.27. The molecule has 116 valence electrons. The van der Waals surface area contributed by atoms with Crippen molar-refractivity contribution in [2.24, 2.45) is 0 Å². The van der Waals surface area contributed by atoms with Crippen LogP contribution in [-0.4, -0.2) is 27.0 Å². The third kappa shape index (κ3) is 3.89. The van der Waals surface area contributed by atoms with Crippen LogP contribution in [0, 0.1) is 13.8 Å². The molecule has 1 heterocycles. The molecule has 0 aromatic heterocycles. The molecule has 1 amide bonds. The molecule has 1 aliphatic rings. The summed E-state index contributed by atoms with van der Waals surface area (Å²) in [5.74, 6) is -0.0527. The third-order valence-corrected chi connectivity index (χ3v) is 4.72. The zero-order chi connectivity index (χ0) is 15.6. The van der Waals surface area contributed by atoms with Crippen molar-refractivity contribution < 1.29 is 17.9 Å². The van der Waals surface area contributed by atoms with E-state index in [1.54, 1.807) is 19.9 Å². The largest absolute Gasteiger partial charge is 0.479 e. The molecule has 1 fully saturated rings. The van der Waals surface area contributed by atoms with Gasteiger partial charge in [0.25, 0.3) is 15.0 Å². The molecule has 2 rings (SSSR count). The number of aryl methyl sites for hydroxylation is 2. The molecule has 1 unspecified atom stereocenters. The zero-order valence-electron chi connectivity index (χ0n) is 12.0. The molecular weight excluding hydrogens is 314 g/mol. The number of ether oxygens (including phenoxy) is 1. The summed E-state index contributed by atoms with van der Waals surface area (Å²) in [5.41, 5.74) is 1.41. The number of hydrogen-bond donors (Lipinski definition) is 1. The quantitative estimate of drug-likeness (QED) is 0.862. The molecule has 1 aromatic carbocycles. The lowest BCUT2D eigenvalue weighted by Gasteiger charge is -2.19. The van der Waals surface area contributed by atoms with Gasteiger partial charge in [-0.25, -0.2) is 8.42 Å². The summed E-state index contributed by atoms with van der Waals surface area (Å²) in [4.78, 5) is 11.9. The molecule has 1 saturated heterocycles. The van der Waals surface area contributed by atoms with Crippen LogP contribution < -0.4 is 10.1 Å². The van der Waals surface area contributed by atoms with Crippen molar-refractivity contribution in [3.8, 4) is 5.75 Å². The molecule has 7 heteroatoms. The second-order valence-electron chi connectivity index (χ2n) is 5.24. The minimum atomic E-state index is -3.94. The number of nitrogens with one attached hydrogen (secondary N) is 1. The Hall–Kier alpha value is -1.27. The lowest BCUT2D eigenvalue weighted by molar-refractivity contribution is -0.127. The molecule has 0 saturated carbocycles. The highest BCUT2D eigenvalue weighted by Crippen LogP contribution is 2.33. The van der Waals surface area contributed by atoms with Gasteiger partial charge < -0.3 is 10.1 Å². The molecule has 0 spiro atoms. The number of carbonyl (C=O) groups excluding carboxylic acids is 1. The Kier molecular flexibility index (Phi) is 4.78. The molecule has 0 radical (unpaired) electrons. The summed E-state index contributed by atoms with van der Waals surface area (Å²) < 4.78 is 29.2. The van der Waals surface area contributed by atoms with Gasteiger partial charge >= 0.3 is 0 Å². The van der Waals surface area contributed by atoms with Crippen molar-refractivity contribution in [2.75, 3.05) is 6.54 Å². The first kappa shape index (κ1) is 16.1. The lowest BCUT2D eigenvalue weighted by Crippen LogP contribution is -2.36. The van der Waals surface area contributed by atoms with Crippen molar-refractivity contribution in [3.63, 3.8) is 0 Å². The van der Waals surface area contributed by atoms with E-state index in [0.717, 1.165) is 18.4 Å². The first-order chi connectivity index (χ1) is 9.79. The Morgan fingerprint density at radius 2 is 2.00 bits per heavy atom. The third-order valence-electron chi connectivity index (χ3n) is 3.39. The molecule has 1 aliphatic heterocycles. The topological polar surface area (TPSA) is 72.5 Å². The minimum Gasteiger partial charge on any atom is -0.479 e. The molecule has 5 nitrogen and oxygen atoms in total. The molecular formula is C14H18ClNO4S. The maximum absolute atomic E-state index is 11.9. The molecule has 0 bridgehead atoms. The van der Waals surface area contributed by atoms with Crippen molar-refractivity contribution in [3.05, 3.63) is 23.3 Å². The van der Waals surface area contributed by atoms with E-state index in [-0.39, 0.29) is 16.6 Å². The summed E-state index contributed by atoms with van der Waals surface area (Å²) in [6, 6.07) is 3.26. The fraction of sp³-hybridized carbons (Fsp3) is 0.500. The van der Waals surface area contributed by atoms with Crippen molar-refractivity contribution >= 4 is 25.6 Å². The zero-order valence-corrected chi connectivity index (χ0v) is 13.6. The van der Waals surface area contributed by atoms with E-state index >= 15 is 0 Å². The van der Waals surface area contributed by atoms with E-state index in [9.17, 15) is 13.2 Å². The summed E-state index contributed by atoms with van der Waals surface area (Å²) in [6.45, 7) is 4.13. The van der Waals surface area contributed by atoms with Crippen molar-refractivity contribution in [1.82, 2.24) is 5.32 Å². The number of amides is 1. The number of rotatable bonds is 3. The van der Waals surface area contributed by atoms with E-state index in [0.29, 0.717) is 18.5 Å². The predicted molar refractivity (Wildman–Crippen MR) is 80.2 cm³/mol. The van der Waals surface area contributed by atoms with Crippen LogP contribution in [0.4, 0.5) is 0 Å². The lowest BCUT2D eigenvalue weighted by atomic mass is 10.1.